The molecule has 2 aromatic carbocycles. The molecular formula is C25H27F3N2O2. The predicted octanol–water partition coefficient (Wildman–Crippen LogP) is 4.59. The van der Waals surface area contributed by atoms with Crippen LogP contribution < -0.4 is 9.64 Å². The molecule has 1 amide bonds. The molecule has 4 nitrogen and oxygen atoms in total. The van der Waals surface area contributed by atoms with Gasteiger partial charge in [-0.25, -0.2) is 0 Å². The van der Waals surface area contributed by atoms with Crippen LogP contribution in [0.5, 0.6) is 5.75 Å². The van der Waals surface area contributed by atoms with E-state index >= 15 is 0 Å². The summed E-state index contributed by atoms with van der Waals surface area (Å²) in [4.78, 5) is 17.2. The van der Waals surface area contributed by atoms with Gasteiger partial charge in [0.2, 0.25) is 5.91 Å². The molecule has 7 heteroatoms. The summed E-state index contributed by atoms with van der Waals surface area (Å²) in [6.07, 6.45) is 1.63. The molecule has 170 valence electrons. The number of hydrogen-bond donors (Lipinski definition) is 0. The Labute approximate surface area is 187 Å². The minimum atomic E-state index is -4.46. The van der Waals surface area contributed by atoms with Crippen molar-refractivity contribution in [3.05, 3.63) is 59.2 Å². The van der Waals surface area contributed by atoms with Gasteiger partial charge in [0.05, 0.1) is 18.6 Å². The molecule has 1 aliphatic heterocycles. The summed E-state index contributed by atoms with van der Waals surface area (Å²) in [6, 6.07) is 10.9. The van der Waals surface area contributed by atoms with Gasteiger partial charge in [0, 0.05) is 31.1 Å². The first-order valence-electron chi connectivity index (χ1n) is 10.4. The van der Waals surface area contributed by atoms with E-state index in [1.807, 2.05) is 31.1 Å². The lowest BCUT2D eigenvalue weighted by Crippen LogP contribution is -2.41. The average Bonchev–Trinajstić information content (AvgIpc) is 2.86. The molecule has 1 aliphatic rings. The highest BCUT2D eigenvalue weighted by atomic mass is 19.4. The van der Waals surface area contributed by atoms with Gasteiger partial charge in [0.1, 0.15) is 5.75 Å². The Hall–Kier alpha value is -2.98. The third-order valence-electron chi connectivity index (χ3n) is 5.86. The van der Waals surface area contributed by atoms with E-state index in [9.17, 15) is 18.0 Å². The number of likely N-dealkylation sites (N-methyl/N-ethyl adjacent to an activating group) is 1. The number of halogens is 3. The maximum atomic E-state index is 13.7. The van der Waals surface area contributed by atoms with Crippen molar-refractivity contribution in [2.24, 2.45) is 5.92 Å². The number of alkyl halides is 3. The summed E-state index contributed by atoms with van der Waals surface area (Å²) >= 11 is 0. The standard InChI is InChI=1S/C25H27F3N2O2/c1-5-6-21-22(17-7-10-20(32-4)11-8-17)16-18-15-19(25(26,27)28)9-12-23(18)30(24(21)31)14-13-29(2)3/h1,7-12,15,21-22H,6,13-14,16H2,2-4H3/t21-,22+/m1/s1. The molecule has 0 N–H and O–H groups in total. The zero-order chi connectivity index (χ0) is 23.5. The number of nitrogens with zero attached hydrogens (tertiary/aromatic N) is 2. The number of methoxy groups -OCH3 is 1. The summed E-state index contributed by atoms with van der Waals surface area (Å²) in [5.41, 5.74) is 1.13. The molecule has 2 aromatic rings. The normalized spacial score (nSPS) is 18.8. The van der Waals surface area contributed by atoms with Crippen molar-refractivity contribution in [3.8, 4) is 18.1 Å². The SMILES string of the molecule is C#CC[C@H]1C(=O)N(CCN(C)C)c2ccc(C(F)(F)F)cc2C[C@H]1c1ccc(OC)cc1. The van der Waals surface area contributed by atoms with E-state index in [0.717, 1.165) is 11.6 Å². The lowest BCUT2D eigenvalue weighted by atomic mass is 9.80. The van der Waals surface area contributed by atoms with Gasteiger partial charge in [-0.3, -0.25) is 4.79 Å². The average molecular weight is 444 g/mol. The van der Waals surface area contributed by atoms with E-state index in [2.05, 4.69) is 5.92 Å². The number of anilines is 1. The Bertz CT molecular complexity index is 994. The van der Waals surface area contributed by atoms with E-state index in [4.69, 9.17) is 11.2 Å². The van der Waals surface area contributed by atoms with E-state index in [-0.39, 0.29) is 24.7 Å². The van der Waals surface area contributed by atoms with E-state index in [1.165, 1.54) is 12.1 Å². The first kappa shape index (κ1) is 23.7. The molecular weight excluding hydrogens is 417 g/mol. The Kier molecular flexibility index (Phi) is 7.15. The quantitative estimate of drug-likeness (QED) is 0.611. The largest absolute Gasteiger partial charge is 0.497 e. The summed E-state index contributed by atoms with van der Waals surface area (Å²) in [5, 5.41) is 0. The number of fused-ring (bicyclic) bond motifs is 1. The molecule has 0 radical (unpaired) electrons. The van der Waals surface area contributed by atoms with Gasteiger partial charge >= 0.3 is 6.18 Å². The van der Waals surface area contributed by atoms with Crippen LogP contribution in [-0.2, 0) is 17.4 Å². The van der Waals surface area contributed by atoms with Crippen molar-refractivity contribution in [3.63, 3.8) is 0 Å². The highest BCUT2D eigenvalue weighted by molar-refractivity contribution is 5.97. The van der Waals surface area contributed by atoms with Crippen LogP contribution in [0, 0.1) is 18.3 Å². The second-order valence-electron chi connectivity index (χ2n) is 8.23. The van der Waals surface area contributed by atoms with Crippen LogP contribution in [0.2, 0.25) is 0 Å². The second-order valence-corrected chi connectivity index (χ2v) is 8.23. The Balaban J connectivity index is 2.14. The monoisotopic (exact) mass is 444 g/mol. The fraction of sp³-hybridized carbons (Fsp3) is 0.400. The number of carbonyl (C=O) groups is 1. The number of rotatable bonds is 6. The molecule has 0 saturated heterocycles. The van der Waals surface area contributed by atoms with E-state index in [1.54, 1.807) is 24.1 Å². The molecule has 0 bridgehead atoms. The molecule has 0 fully saturated rings. The van der Waals surface area contributed by atoms with Crippen LogP contribution >= 0.6 is 0 Å². The fourth-order valence-corrected chi connectivity index (χ4v) is 4.15. The molecule has 2 atom stereocenters. The van der Waals surface area contributed by atoms with Gasteiger partial charge in [-0.05, 0) is 62.0 Å². The molecule has 1 heterocycles. The van der Waals surface area contributed by atoms with Crippen LogP contribution in [0.4, 0.5) is 18.9 Å². The molecule has 0 aromatic heterocycles. The van der Waals surface area contributed by atoms with Crippen molar-refractivity contribution in [1.82, 2.24) is 4.90 Å². The van der Waals surface area contributed by atoms with Gasteiger partial charge in [0.25, 0.3) is 0 Å². The van der Waals surface area contributed by atoms with Crippen molar-refractivity contribution < 1.29 is 22.7 Å². The number of hydrogen-bond acceptors (Lipinski definition) is 3. The molecule has 0 spiro atoms. The number of amides is 1. The number of carbonyl (C=O) groups excluding carboxylic acids is 1. The summed E-state index contributed by atoms with van der Waals surface area (Å²) in [6.45, 7) is 0.933. The zero-order valence-electron chi connectivity index (χ0n) is 18.4. The minimum Gasteiger partial charge on any atom is -0.497 e. The summed E-state index contributed by atoms with van der Waals surface area (Å²) < 4.78 is 45.6. The highest BCUT2D eigenvalue weighted by Gasteiger charge is 2.39. The van der Waals surface area contributed by atoms with Crippen LogP contribution in [0.25, 0.3) is 0 Å². The van der Waals surface area contributed by atoms with Gasteiger partial charge in [-0.1, -0.05) is 12.1 Å². The van der Waals surface area contributed by atoms with Crippen LogP contribution in [0.1, 0.15) is 29.0 Å². The third-order valence-corrected chi connectivity index (χ3v) is 5.86. The Morgan fingerprint density at radius 3 is 2.44 bits per heavy atom. The van der Waals surface area contributed by atoms with Crippen molar-refractivity contribution in [1.29, 1.82) is 0 Å². The smallest absolute Gasteiger partial charge is 0.416 e. The lowest BCUT2D eigenvalue weighted by Gasteiger charge is -2.28. The van der Waals surface area contributed by atoms with E-state index in [0.29, 0.717) is 30.1 Å². The van der Waals surface area contributed by atoms with Crippen molar-refractivity contribution in [2.45, 2.75) is 24.9 Å². The molecule has 0 unspecified atom stereocenters. The van der Waals surface area contributed by atoms with E-state index < -0.39 is 17.7 Å². The summed E-state index contributed by atoms with van der Waals surface area (Å²) in [7, 11) is 5.33. The molecule has 32 heavy (non-hydrogen) atoms. The molecule has 0 saturated carbocycles. The number of terminal acetylenes is 1. The van der Waals surface area contributed by atoms with Crippen molar-refractivity contribution >= 4 is 11.6 Å². The van der Waals surface area contributed by atoms with Gasteiger partial charge in [-0.15, -0.1) is 12.3 Å². The topological polar surface area (TPSA) is 32.8 Å². The lowest BCUT2D eigenvalue weighted by molar-refractivity contribution is -0.137. The van der Waals surface area contributed by atoms with Gasteiger partial charge in [-0.2, -0.15) is 13.2 Å². The van der Waals surface area contributed by atoms with Crippen LogP contribution in [0.15, 0.2) is 42.5 Å². The van der Waals surface area contributed by atoms with Gasteiger partial charge < -0.3 is 14.5 Å². The maximum absolute atomic E-state index is 13.7. The maximum Gasteiger partial charge on any atom is 0.416 e. The minimum absolute atomic E-state index is 0.163. The van der Waals surface area contributed by atoms with Gasteiger partial charge in [0.15, 0.2) is 0 Å². The van der Waals surface area contributed by atoms with Crippen molar-refractivity contribution in [2.75, 3.05) is 39.2 Å². The number of benzene rings is 2. The number of ether oxygens (including phenoxy) is 1. The Morgan fingerprint density at radius 1 is 1.19 bits per heavy atom. The molecule has 0 aliphatic carbocycles. The Morgan fingerprint density at radius 2 is 1.88 bits per heavy atom. The first-order chi connectivity index (χ1) is 15.2. The third kappa shape index (κ3) is 5.08. The van der Waals surface area contributed by atoms with Crippen LogP contribution in [0.3, 0.4) is 0 Å². The highest BCUT2D eigenvalue weighted by Crippen LogP contribution is 2.42. The fourth-order valence-electron chi connectivity index (χ4n) is 4.15. The van der Waals surface area contributed by atoms with Crippen LogP contribution in [-0.4, -0.2) is 45.1 Å². The predicted molar refractivity (Wildman–Crippen MR) is 119 cm³/mol. The first-order valence-corrected chi connectivity index (χ1v) is 10.4. The zero-order valence-corrected chi connectivity index (χ0v) is 18.4. The second kappa shape index (κ2) is 9.66. The summed E-state index contributed by atoms with van der Waals surface area (Å²) in [5.74, 6) is 2.21. The molecule has 3 rings (SSSR count).